The first-order valence-corrected chi connectivity index (χ1v) is 6.08. The number of hydrogen-bond acceptors (Lipinski definition) is 1. The Morgan fingerprint density at radius 1 is 1.00 bits per heavy atom. The van der Waals surface area contributed by atoms with Crippen molar-refractivity contribution in [1.29, 1.82) is 0 Å². The number of amides is 1. The van der Waals surface area contributed by atoms with Gasteiger partial charge in [0.25, 0.3) is 0 Å². The van der Waals surface area contributed by atoms with Crippen LogP contribution in [0.25, 0.3) is 0 Å². The van der Waals surface area contributed by atoms with E-state index in [1.807, 2.05) is 0 Å². The van der Waals surface area contributed by atoms with Gasteiger partial charge in [-0.2, -0.15) is 0 Å². The molecule has 1 heterocycles. The molecular formula is C13H23NO. The molecule has 2 heteroatoms. The molecule has 2 aliphatic rings. The van der Waals surface area contributed by atoms with E-state index in [0.717, 1.165) is 6.42 Å². The van der Waals surface area contributed by atoms with Gasteiger partial charge in [0.05, 0.1) is 0 Å². The van der Waals surface area contributed by atoms with Crippen molar-refractivity contribution < 1.29 is 4.79 Å². The quantitative estimate of drug-likeness (QED) is 0.653. The van der Waals surface area contributed by atoms with Crippen molar-refractivity contribution in [2.45, 2.75) is 65.3 Å². The number of nitrogens with one attached hydrogen (secondary N) is 1. The monoisotopic (exact) mass is 209 g/mol. The van der Waals surface area contributed by atoms with E-state index in [9.17, 15) is 4.79 Å². The molecule has 86 valence electrons. The molecular weight excluding hydrogens is 186 g/mol. The molecule has 0 bridgehead atoms. The Morgan fingerprint density at radius 3 is 1.93 bits per heavy atom. The van der Waals surface area contributed by atoms with E-state index in [1.165, 1.54) is 25.7 Å². The molecule has 0 unspecified atom stereocenters. The summed E-state index contributed by atoms with van der Waals surface area (Å²) in [6.45, 7) is 9.07. The Bertz CT molecular complexity index is 281. The van der Waals surface area contributed by atoms with Crippen molar-refractivity contribution in [2.24, 2.45) is 10.8 Å². The second-order valence-electron chi connectivity index (χ2n) is 6.79. The van der Waals surface area contributed by atoms with Gasteiger partial charge < -0.3 is 5.32 Å². The second kappa shape index (κ2) is 2.99. The van der Waals surface area contributed by atoms with Crippen LogP contribution in [0.4, 0.5) is 0 Å². The zero-order valence-electron chi connectivity index (χ0n) is 10.4. The first-order valence-electron chi connectivity index (χ1n) is 6.08. The molecule has 2 rings (SSSR count). The molecule has 0 aromatic carbocycles. The lowest BCUT2D eigenvalue weighted by Crippen LogP contribution is -2.49. The van der Waals surface area contributed by atoms with E-state index in [4.69, 9.17) is 0 Å². The average Bonchev–Trinajstić information content (AvgIpc) is 2.29. The van der Waals surface area contributed by atoms with Crippen molar-refractivity contribution in [1.82, 2.24) is 5.32 Å². The summed E-state index contributed by atoms with van der Waals surface area (Å²) in [5.41, 5.74) is 0.715. The minimum absolute atomic E-state index is 0.000579. The summed E-state index contributed by atoms with van der Waals surface area (Å²) in [5, 5.41) is 3.14. The standard InChI is InChI=1S/C13H23NO/c1-11(2)5-7-13(8-6-11)9-10(15)14-12(13,3)4/h5-9H2,1-4H3,(H,14,15). The molecule has 1 saturated carbocycles. The molecule has 1 aliphatic carbocycles. The van der Waals surface area contributed by atoms with Gasteiger partial charge in [-0.3, -0.25) is 4.79 Å². The molecule has 2 fully saturated rings. The lowest BCUT2D eigenvalue weighted by Gasteiger charge is -2.47. The summed E-state index contributed by atoms with van der Waals surface area (Å²) >= 11 is 0. The number of carbonyl (C=O) groups is 1. The third-order valence-corrected chi connectivity index (χ3v) is 4.84. The maximum absolute atomic E-state index is 11.6. The first-order chi connectivity index (χ1) is 6.77. The molecule has 15 heavy (non-hydrogen) atoms. The van der Waals surface area contributed by atoms with Crippen LogP contribution in [0.15, 0.2) is 0 Å². The summed E-state index contributed by atoms with van der Waals surface area (Å²) in [7, 11) is 0. The van der Waals surface area contributed by atoms with Crippen molar-refractivity contribution in [3.63, 3.8) is 0 Å². The Kier molecular flexibility index (Phi) is 2.19. The van der Waals surface area contributed by atoms with E-state index in [2.05, 4.69) is 33.0 Å². The van der Waals surface area contributed by atoms with Gasteiger partial charge in [-0.15, -0.1) is 0 Å². The Labute approximate surface area is 92.8 Å². The second-order valence-corrected chi connectivity index (χ2v) is 6.79. The van der Waals surface area contributed by atoms with Crippen LogP contribution in [0.5, 0.6) is 0 Å². The largest absolute Gasteiger partial charge is 0.351 e. The van der Waals surface area contributed by atoms with Gasteiger partial charge >= 0.3 is 0 Å². The fraction of sp³-hybridized carbons (Fsp3) is 0.923. The van der Waals surface area contributed by atoms with Crippen molar-refractivity contribution in [3.05, 3.63) is 0 Å². The lowest BCUT2D eigenvalue weighted by atomic mass is 9.58. The summed E-state index contributed by atoms with van der Waals surface area (Å²) in [6.07, 6.45) is 5.66. The van der Waals surface area contributed by atoms with Crippen molar-refractivity contribution >= 4 is 5.91 Å². The predicted molar refractivity (Wildman–Crippen MR) is 61.5 cm³/mol. The van der Waals surface area contributed by atoms with Crippen molar-refractivity contribution in [3.8, 4) is 0 Å². The predicted octanol–water partition coefficient (Wildman–Crippen LogP) is 2.87. The molecule has 0 radical (unpaired) electrons. The highest BCUT2D eigenvalue weighted by molar-refractivity contribution is 5.80. The Hall–Kier alpha value is -0.530. The molecule has 1 spiro atoms. The van der Waals surface area contributed by atoms with Crippen LogP contribution in [0, 0.1) is 10.8 Å². The summed E-state index contributed by atoms with van der Waals surface area (Å²) in [4.78, 5) is 11.6. The third-order valence-electron chi connectivity index (χ3n) is 4.84. The molecule has 0 atom stereocenters. The van der Waals surface area contributed by atoms with E-state index in [-0.39, 0.29) is 16.9 Å². The lowest BCUT2D eigenvalue weighted by molar-refractivity contribution is -0.120. The number of carbonyl (C=O) groups excluding carboxylic acids is 1. The number of rotatable bonds is 0. The van der Waals surface area contributed by atoms with Gasteiger partial charge in [-0.05, 0) is 44.9 Å². The highest BCUT2D eigenvalue weighted by Gasteiger charge is 2.54. The maximum atomic E-state index is 11.6. The fourth-order valence-corrected chi connectivity index (χ4v) is 3.26. The van der Waals surface area contributed by atoms with Crippen LogP contribution in [0.1, 0.15) is 59.8 Å². The normalized spacial score (nSPS) is 31.6. The minimum Gasteiger partial charge on any atom is -0.351 e. The third kappa shape index (κ3) is 1.68. The summed E-state index contributed by atoms with van der Waals surface area (Å²) < 4.78 is 0. The minimum atomic E-state index is 0.000579. The molecule has 0 aromatic heterocycles. The molecule has 1 amide bonds. The van der Waals surface area contributed by atoms with Crippen LogP contribution in [0.2, 0.25) is 0 Å². The van der Waals surface area contributed by atoms with E-state index in [0.29, 0.717) is 5.41 Å². The maximum Gasteiger partial charge on any atom is 0.221 e. The molecule has 1 aliphatic heterocycles. The van der Waals surface area contributed by atoms with Gasteiger partial charge in [0, 0.05) is 17.4 Å². The van der Waals surface area contributed by atoms with Gasteiger partial charge in [0.1, 0.15) is 0 Å². The fourth-order valence-electron chi connectivity index (χ4n) is 3.26. The molecule has 2 nitrogen and oxygen atoms in total. The SMILES string of the molecule is CC1(C)CCC2(CC1)CC(=O)NC2(C)C. The van der Waals surface area contributed by atoms with Gasteiger partial charge in [0.15, 0.2) is 0 Å². The molecule has 0 aromatic rings. The van der Waals surface area contributed by atoms with E-state index < -0.39 is 0 Å². The summed E-state index contributed by atoms with van der Waals surface area (Å²) in [6, 6.07) is 0. The Morgan fingerprint density at radius 2 is 1.53 bits per heavy atom. The van der Waals surface area contributed by atoms with Crippen LogP contribution >= 0.6 is 0 Å². The van der Waals surface area contributed by atoms with Gasteiger partial charge in [-0.1, -0.05) is 13.8 Å². The smallest absolute Gasteiger partial charge is 0.221 e. The molecule has 1 N–H and O–H groups in total. The van der Waals surface area contributed by atoms with Crippen LogP contribution < -0.4 is 5.32 Å². The zero-order valence-corrected chi connectivity index (χ0v) is 10.4. The highest BCUT2D eigenvalue weighted by atomic mass is 16.2. The van der Waals surface area contributed by atoms with Crippen LogP contribution in [-0.2, 0) is 4.79 Å². The zero-order chi connectivity index (χ0) is 11.3. The summed E-state index contributed by atoms with van der Waals surface area (Å²) in [5.74, 6) is 0.250. The van der Waals surface area contributed by atoms with E-state index in [1.54, 1.807) is 0 Å². The molecule has 1 saturated heterocycles. The Balaban J connectivity index is 2.19. The highest BCUT2D eigenvalue weighted by Crippen LogP contribution is 2.54. The van der Waals surface area contributed by atoms with E-state index >= 15 is 0 Å². The van der Waals surface area contributed by atoms with Gasteiger partial charge in [0.2, 0.25) is 5.91 Å². The average molecular weight is 209 g/mol. The first kappa shape index (κ1) is 11.0. The number of hydrogen-bond donors (Lipinski definition) is 1. The van der Waals surface area contributed by atoms with Gasteiger partial charge in [-0.25, -0.2) is 0 Å². The topological polar surface area (TPSA) is 29.1 Å². The van der Waals surface area contributed by atoms with Crippen LogP contribution in [-0.4, -0.2) is 11.4 Å². The van der Waals surface area contributed by atoms with Crippen LogP contribution in [0.3, 0.4) is 0 Å². The van der Waals surface area contributed by atoms with Crippen molar-refractivity contribution in [2.75, 3.05) is 0 Å².